The lowest BCUT2D eigenvalue weighted by molar-refractivity contribution is -0.135. The predicted octanol–water partition coefficient (Wildman–Crippen LogP) is 2.41. The second kappa shape index (κ2) is 7.57. The first kappa shape index (κ1) is 18.6. The van der Waals surface area contributed by atoms with Gasteiger partial charge in [-0.2, -0.15) is 0 Å². The quantitative estimate of drug-likeness (QED) is 0.794. The normalized spacial score (nSPS) is 16.2. The van der Waals surface area contributed by atoms with E-state index in [2.05, 4.69) is 10.2 Å². The van der Waals surface area contributed by atoms with E-state index in [1.54, 1.807) is 24.3 Å². The summed E-state index contributed by atoms with van der Waals surface area (Å²) in [6.07, 6.45) is 1.39. The van der Waals surface area contributed by atoms with Crippen LogP contribution in [0, 0.1) is 5.92 Å². The van der Waals surface area contributed by atoms with Gasteiger partial charge in [0.25, 0.3) is 0 Å². The fourth-order valence-electron chi connectivity index (χ4n) is 3.08. The highest BCUT2D eigenvalue weighted by atomic mass is 32.2. The van der Waals surface area contributed by atoms with Crippen LogP contribution in [-0.4, -0.2) is 42.5 Å². The molecule has 0 atom stereocenters. The van der Waals surface area contributed by atoms with Gasteiger partial charge in [-0.3, -0.25) is 4.79 Å². The first-order chi connectivity index (χ1) is 12.4. The van der Waals surface area contributed by atoms with E-state index in [0.29, 0.717) is 37.4 Å². The number of nitrogens with zero attached hydrogens (tertiary/aromatic N) is 3. The van der Waals surface area contributed by atoms with E-state index in [9.17, 15) is 13.2 Å². The molecule has 2 aromatic rings. The lowest BCUT2D eigenvalue weighted by Crippen LogP contribution is -2.40. The van der Waals surface area contributed by atoms with Crippen LogP contribution in [0.3, 0.4) is 0 Å². The van der Waals surface area contributed by atoms with Crippen LogP contribution < -0.4 is 0 Å². The van der Waals surface area contributed by atoms with Gasteiger partial charge in [-0.1, -0.05) is 49.3 Å². The van der Waals surface area contributed by atoms with Gasteiger partial charge in [-0.25, -0.2) is 8.42 Å². The van der Waals surface area contributed by atoms with E-state index in [1.165, 1.54) is 0 Å². The number of piperidine rings is 1. The van der Waals surface area contributed by atoms with Crippen LogP contribution in [0.15, 0.2) is 40.0 Å². The van der Waals surface area contributed by atoms with Gasteiger partial charge in [0.1, 0.15) is 0 Å². The summed E-state index contributed by atoms with van der Waals surface area (Å²) >= 11 is 0. The van der Waals surface area contributed by atoms with Gasteiger partial charge in [0.15, 0.2) is 0 Å². The molecule has 0 unspecified atom stereocenters. The second-order valence-electron chi connectivity index (χ2n) is 6.91. The van der Waals surface area contributed by atoms with Crippen LogP contribution >= 0.6 is 0 Å². The molecule has 1 aromatic carbocycles. The van der Waals surface area contributed by atoms with Crippen LogP contribution in [0.1, 0.15) is 44.1 Å². The zero-order chi connectivity index (χ0) is 18.7. The minimum absolute atomic E-state index is 0.0145. The van der Waals surface area contributed by atoms with Crippen LogP contribution in [0.25, 0.3) is 0 Å². The number of carbonyl (C=O) groups excluding carboxylic acids is 1. The summed E-state index contributed by atoms with van der Waals surface area (Å²) in [5.74, 6) is 0.272. The Morgan fingerprint density at radius 3 is 2.46 bits per heavy atom. The van der Waals surface area contributed by atoms with Crippen molar-refractivity contribution in [3.63, 3.8) is 0 Å². The number of rotatable bonds is 5. The molecular weight excluding hydrogens is 354 g/mol. The van der Waals surface area contributed by atoms with E-state index in [-0.39, 0.29) is 28.7 Å². The number of sulfone groups is 1. The average Bonchev–Trinajstić information content (AvgIpc) is 3.13. The Balaban J connectivity index is 1.66. The lowest BCUT2D eigenvalue weighted by atomic mass is 9.96. The standard InChI is InChI=1S/C18H23N3O4S/c1-13(2)17(22)21-10-8-15(9-11-21)16-19-20-18(25-16)26(23,24)12-14-6-4-3-5-7-14/h3-7,13,15H,8-12H2,1-2H3. The number of benzene rings is 1. The number of likely N-dealkylation sites (tertiary alicyclic amines) is 1. The first-order valence-corrected chi connectivity index (χ1v) is 10.4. The Hall–Kier alpha value is -2.22. The molecular formula is C18H23N3O4S. The topological polar surface area (TPSA) is 93.4 Å². The highest BCUT2D eigenvalue weighted by molar-refractivity contribution is 7.90. The minimum atomic E-state index is -3.67. The van der Waals surface area contributed by atoms with Crippen molar-refractivity contribution in [3.05, 3.63) is 41.8 Å². The van der Waals surface area contributed by atoms with Gasteiger partial charge in [0.2, 0.25) is 21.6 Å². The van der Waals surface area contributed by atoms with Gasteiger partial charge in [0, 0.05) is 24.9 Å². The summed E-state index contributed by atoms with van der Waals surface area (Å²) in [6.45, 7) is 5.01. The van der Waals surface area contributed by atoms with Gasteiger partial charge in [-0.05, 0) is 18.4 Å². The van der Waals surface area contributed by atoms with Crippen molar-refractivity contribution < 1.29 is 17.6 Å². The van der Waals surface area contributed by atoms with Crippen LogP contribution in [0.4, 0.5) is 0 Å². The predicted molar refractivity (Wildman–Crippen MR) is 95.0 cm³/mol. The summed E-state index contributed by atoms with van der Waals surface area (Å²) in [5, 5.41) is 7.37. The third kappa shape index (κ3) is 4.12. The molecule has 1 aromatic heterocycles. The zero-order valence-corrected chi connectivity index (χ0v) is 15.8. The molecule has 0 spiro atoms. The summed E-state index contributed by atoms with van der Waals surface area (Å²) in [7, 11) is -3.67. The summed E-state index contributed by atoms with van der Waals surface area (Å²) in [6, 6.07) is 8.90. The minimum Gasteiger partial charge on any atom is -0.412 e. The fraction of sp³-hybridized carbons (Fsp3) is 0.500. The summed E-state index contributed by atoms with van der Waals surface area (Å²) in [4.78, 5) is 13.9. The molecule has 140 valence electrons. The molecule has 0 N–H and O–H groups in total. The highest BCUT2D eigenvalue weighted by Gasteiger charge is 2.30. The fourth-order valence-corrected chi connectivity index (χ4v) is 4.21. The van der Waals surface area contributed by atoms with Gasteiger partial charge < -0.3 is 9.32 Å². The van der Waals surface area contributed by atoms with E-state index in [1.807, 2.05) is 24.8 Å². The molecule has 1 aliphatic heterocycles. The molecule has 0 radical (unpaired) electrons. The van der Waals surface area contributed by atoms with Crippen LogP contribution in [0.5, 0.6) is 0 Å². The molecule has 0 aliphatic carbocycles. The van der Waals surface area contributed by atoms with E-state index in [0.717, 1.165) is 0 Å². The van der Waals surface area contributed by atoms with Crippen LogP contribution in [-0.2, 0) is 20.4 Å². The van der Waals surface area contributed by atoms with Crippen molar-refractivity contribution in [2.24, 2.45) is 5.92 Å². The van der Waals surface area contributed by atoms with Gasteiger partial charge >= 0.3 is 5.22 Å². The first-order valence-electron chi connectivity index (χ1n) is 8.75. The molecule has 2 heterocycles. The molecule has 0 saturated carbocycles. The molecule has 26 heavy (non-hydrogen) atoms. The van der Waals surface area contributed by atoms with Crippen molar-refractivity contribution in [2.75, 3.05) is 13.1 Å². The summed E-state index contributed by atoms with van der Waals surface area (Å²) < 4.78 is 30.4. The lowest BCUT2D eigenvalue weighted by Gasteiger charge is -2.31. The Labute approximate surface area is 153 Å². The summed E-state index contributed by atoms with van der Waals surface area (Å²) in [5.41, 5.74) is 0.674. The van der Waals surface area contributed by atoms with E-state index >= 15 is 0 Å². The molecule has 0 bridgehead atoms. The number of hydrogen-bond donors (Lipinski definition) is 0. The Morgan fingerprint density at radius 2 is 1.85 bits per heavy atom. The number of hydrogen-bond acceptors (Lipinski definition) is 6. The van der Waals surface area contributed by atoms with Crippen molar-refractivity contribution >= 4 is 15.7 Å². The molecule has 1 aliphatic rings. The van der Waals surface area contributed by atoms with Gasteiger partial charge in [-0.15, -0.1) is 5.10 Å². The Kier molecular flexibility index (Phi) is 5.41. The largest absolute Gasteiger partial charge is 0.412 e. The molecule has 7 nitrogen and oxygen atoms in total. The van der Waals surface area contributed by atoms with Gasteiger partial charge in [0.05, 0.1) is 5.75 Å². The molecule has 1 fully saturated rings. The Bertz CT molecular complexity index is 854. The third-order valence-corrected chi connectivity index (χ3v) is 5.95. The van der Waals surface area contributed by atoms with Crippen molar-refractivity contribution in [1.29, 1.82) is 0 Å². The second-order valence-corrected chi connectivity index (χ2v) is 8.77. The molecule has 8 heteroatoms. The number of carbonyl (C=O) groups is 1. The smallest absolute Gasteiger partial charge is 0.335 e. The maximum Gasteiger partial charge on any atom is 0.335 e. The SMILES string of the molecule is CC(C)C(=O)N1CCC(c2nnc(S(=O)(=O)Cc3ccccc3)o2)CC1. The van der Waals surface area contributed by atoms with Crippen molar-refractivity contribution in [2.45, 2.75) is 43.6 Å². The maximum absolute atomic E-state index is 12.5. The van der Waals surface area contributed by atoms with E-state index < -0.39 is 9.84 Å². The number of amides is 1. The third-order valence-electron chi connectivity index (χ3n) is 4.54. The highest BCUT2D eigenvalue weighted by Crippen LogP contribution is 2.29. The maximum atomic E-state index is 12.5. The van der Waals surface area contributed by atoms with Crippen molar-refractivity contribution in [1.82, 2.24) is 15.1 Å². The van der Waals surface area contributed by atoms with Crippen LogP contribution in [0.2, 0.25) is 0 Å². The monoisotopic (exact) mass is 377 g/mol. The molecule has 1 amide bonds. The van der Waals surface area contributed by atoms with E-state index in [4.69, 9.17) is 4.42 Å². The van der Waals surface area contributed by atoms with Crippen molar-refractivity contribution in [3.8, 4) is 0 Å². The zero-order valence-electron chi connectivity index (χ0n) is 15.0. The molecule has 1 saturated heterocycles. The molecule has 3 rings (SSSR count). The Morgan fingerprint density at radius 1 is 1.19 bits per heavy atom. The number of aromatic nitrogens is 2. The average molecular weight is 377 g/mol.